The zero-order chi connectivity index (χ0) is 17.9. The van der Waals surface area contributed by atoms with Crippen molar-refractivity contribution in [2.24, 2.45) is 0 Å². The Bertz CT molecular complexity index is 812. The first-order chi connectivity index (χ1) is 12.0. The number of benzene rings is 1. The summed E-state index contributed by atoms with van der Waals surface area (Å²) >= 11 is 0. The van der Waals surface area contributed by atoms with E-state index in [1.54, 1.807) is 28.6 Å². The molecule has 1 aliphatic heterocycles. The molecule has 0 aliphatic carbocycles. The summed E-state index contributed by atoms with van der Waals surface area (Å²) in [6, 6.07) is 5.72. The van der Waals surface area contributed by atoms with Crippen LogP contribution in [0.25, 0.3) is 0 Å². The molecule has 1 aromatic heterocycles. The predicted molar refractivity (Wildman–Crippen MR) is 91.4 cm³/mol. The second kappa shape index (κ2) is 7.32. The molecule has 1 unspecified atom stereocenters. The fourth-order valence-electron chi connectivity index (χ4n) is 2.86. The second-order valence-corrected chi connectivity index (χ2v) is 7.88. The molecule has 0 bridgehead atoms. The van der Waals surface area contributed by atoms with Crippen molar-refractivity contribution in [1.82, 2.24) is 24.4 Å². The average Bonchev–Trinajstić information content (AvgIpc) is 3.27. The molecule has 1 aliphatic rings. The first-order valence-electron chi connectivity index (χ1n) is 8.20. The second-order valence-electron chi connectivity index (χ2n) is 6.16. The van der Waals surface area contributed by atoms with E-state index in [0.29, 0.717) is 12.1 Å². The van der Waals surface area contributed by atoms with Crippen molar-refractivity contribution in [3.8, 4) is 0 Å². The van der Waals surface area contributed by atoms with Crippen LogP contribution >= 0.6 is 0 Å². The van der Waals surface area contributed by atoms with E-state index in [1.807, 2.05) is 0 Å². The van der Waals surface area contributed by atoms with Crippen LogP contribution in [0.2, 0.25) is 0 Å². The lowest BCUT2D eigenvalue weighted by Gasteiger charge is -2.16. The molecule has 1 N–H and O–H groups in total. The van der Waals surface area contributed by atoms with Gasteiger partial charge in [0.15, 0.2) is 0 Å². The molecule has 134 valence electrons. The van der Waals surface area contributed by atoms with Gasteiger partial charge in [0, 0.05) is 24.7 Å². The van der Waals surface area contributed by atoms with Crippen LogP contribution in [0.3, 0.4) is 0 Å². The number of nitrogens with zero attached hydrogens (tertiary/aromatic N) is 4. The molecule has 1 amide bonds. The first-order valence-corrected chi connectivity index (χ1v) is 9.68. The van der Waals surface area contributed by atoms with Crippen LogP contribution in [0.1, 0.15) is 30.1 Å². The molecule has 9 heteroatoms. The van der Waals surface area contributed by atoms with Gasteiger partial charge in [-0.15, -0.1) is 0 Å². The summed E-state index contributed by atoms with van der Waals surface area (Å²) in [6.07, 6.45) is 4.97. The number of hydrogen-bond acceptors (Lipinski definition) is 5. The third-order valence-electron chi connectivity index (χ3n) is 4.09. The molecule has 8 nitrogen and oxygen atoms in total. The van der Waals surface area contributed by atoms with E-state index in [1.165, 1.54) is 24.8 Å². The topological polar surface area (TPSA) is 97.2 Å². The van der Waals surface area contributed by atoms with Crippen molar-refractivity contribution in [2.45, 2.75) is 37.2 Å². The number of hydrogen-bond donors (Lipinski definition) is 1. The summed E-state index contributed by atoms with van der Waals surface area (Å²) in [4.78, 5) is 18.1. The normalized spacial score (nSPS) is 16.1. The lowest BCUT2D eigenvalue weighted by molar-refractivity contribution is 0.0792. The molecule has 25 heavy (non-hydrogen) atoms. The van der Waals surface area contributed by atoms with Crippen molar-refractivity contribution in [1.29, 1.82) is 0 Å². The van der Waals surface area contributed by atoms with Gasteiger partial charge in [0.1, 0.15) is 12.7 Å². The fourth-order valence-corrected chi connectivity index (χ4v) is 4.09. The third kappa shape index (κ3) is 4.23. The van der Waals surface area contributed by atoms with Crippen LogP contribution in [0.5, 0.6) is 0 Å². The standard InChI is InChI=1S/C16H21N5O3S/c1-13(10-21-12-17-11-18-21)19-25(23,24)15-6-4-14(5-7-15)16(22)20-8-2-3-9-20/h4-7,11-13,19H,2-3,8-10H2,1H3. The highest BCUT2D eigenvalue weighted by molar-refractivity contribution is 7.89. The van der Waals surface area contributed by atoms with Crippen LogP contribution < -0.4 is 4.72 Å². The summed E-state index contributed by atoms with van der Waals surface area (Å²) < 4.78 is 29.1. The lowest BCUT2D eigenvalue weighted by atomic mass is 10.2. The Morgan fingerprint density at radius 3 is 2.52 bits per heavy atom. The minimum absolute atomic E-state index is 0.0473. The number of carbonyl (C=O) groups excluding carboxylic acids is 1. The quantitative estimate of drug-likeness (QED) is 0.822. The van der Waals surface area contributed by atoms with Crippen molar-refractivity contribution < 1.29 is 13.2 Å². The SMILES string of the molecule is CC(Cn1cncn1)NS(=O)(=O)c1ccc(C(=O)N2CCCC2)cc1. The van der Waals surface area contributed by atoms with Crippen molar-refractivity contribution in [2.75, 3.05) is 13.1 Å². The largest absolute Gasteiger partial charge is 0.339 e. The van der Waals surface area contributed by atoms with Crippen LogP contribution in [0, 0.1) is 0 Å². The maximum Gasteiger partial charge on any atom is 0.253 e. The monoisotopic (exact) mass is 363 g/mol. The molecule has 1 fully saturated rings. The number of rotatable bonds is 6. The zero-order valence-corrected chi connectivity index (χ0v) is 14.8. The molecule has 1 aromatic carbocycles. The van der Waals surface area contributed by atoms with Crippen LogP contribution in [0.15, 0.2) is 41.8 Å². The molecule has 2 aromatic rings. The summed E-state index contributed by atoms with van der Waals surface area (Å²) in [7, 11) is -3.66. The van der Waals surface area contributed by atoms with Crippen molar-refractivity contribution in [3.05, 3.63) is 42.5 Å². The highest BCUT2D eigenvalue weighted by atomic mass is 32.2. The Balaban J connectivity index is 1.66. The number of amides is 1. The van der Waals surface area contributed by atoms with Gasteiger partial charge in [-0.25, -0.2) is 18.1 Å². The Morgan fingerprint density at radius 1 is 1.24 bits per heavy atom. The maximum absolute atomic E-state index is 12.5. The van der Waals surface area contributed by atoms with E-state index in [-0.39, 0.29) is 16.8 Å². The molecule has 2 heterocycles. The lowest BCUT2D eigenvalue weighted by Crippen LogP contribution is -2.35. The van der Waals surface area contributed by atoms with Crippen LogP contribution in [-0.2, 0) is 16.6 Å². The average molecular weight is 363 g/mol. The molecule has 1 atom stereocenters. The number of likely N-dealkylation sites (tertiary alicyclic amines) is 1. The number of sulfonamides is 1. The highest BCUT2D eigenvalue weighted by Gasteiger charge is 2.21. The van der Waals surface area contributed by atoms with Crippen LogP contribution in [-0.4, -0.2) is 53.1 Å². The van der Waals surface area contributed by atoms with Crippen molar-refractivity contribution >= 4 is 15.9 Å². The first kappa shape index (κ1) is 17.6. The molecule has 1 saturated heterocycles. The third-order valence-corrected chi connectivity index (χ3v) is 5.69. The van der Waals surface area contributed by atoms with Gasteiger partial charge in [0.2, 0.25) is 10.0 Å². The summed E-state index contributed by atoms with van der Waals surface area (Å²) in [5.74, 6) is -0.0473. The molecule has 0 radical (unpaired) electrons. The minimum Gasteiger partial charge on any atom is -0.339 e. The number of nitrogens with one attached hydrogen (secondary N) is 1. The van der Waals surface area contributed by atoms with Gasteiger partial charge < -0.3 is 4.90 Å². The van der Waals surface area contributed by atoms with E-state index in [4.69, 9.17) is 0 Å². The Hall–Kier alpha value is -2.26. The van der Waals surface area contributed by atoms with E-state index >= 15 is 0 Å². The zero-order valence-electron chi connectivity index (χ0n) is 14.0. The summed E-state index contributed by atoms with van der Waals surface area (Å²) in [5, 5.41) is 3.96. The van der Waals surface area contributed by atoms with Crippen molar-refractivity contribution in [3.63, 3.8) is 0 Å². The number of carbonyl (C=O) groups is 1. The number of aromatic nitrogens is 3. The van der Waals surface area contributed by atoms with Gasteiger partial charge >= 0.3 is 0 Å². The summed E-state index contributed by atoms with van der Waals surface area (Å²) in [6.45, 7) is 3.66. The van der Waals surface area contributed by atoms with E-state index in [2.05, 4.69) is 14.8 Å². The van der Waals surface area contributed by atoms with E-state index in [9.17, 15) is 13.2 Å². The van der Waals surface area contributed by atoms with Gasteiger partial charge in [-0.2, -0.15) is 5.10 Å². The smallest absolute Gasteiger partial charge is 0.253 e. The van der Waals surface area contributed by atoms with Gasteiger partial charge in [0.05, 0.1) is 11.4 Å². The maximum atomic E-state index is 12.5. The molecular formula is C16H21N5O3S. The Labute approximate surface area is 146 Å². The van der Waals surface area contributed by atoms with Gasteiger partial charge in [0.25, 0.3) is 5.91 Å². The highest BCUT2D eigenvalue weighted by Crippen LogP contribution is 2.16. The Morgan fingerprint density at radius 2 is 1.92 bits per heavy atom. The predicted octanol–water partition coefficient (Wildman–Crippen LogP) is 0.881. The molecular weight excluding hydrogens is 342 g/mol. The van der Waals surface area contributed by atoms with Crippen LogP contribution in [0.4, 0.5) is 0 Å². The van der Waals surface area contributed by atoms with E-state index < -0.39 is 10.0 Å². The Kier molecular flexibility index (Phi) is 5.14. The molecule has 0 spiro atoms. The van der Waals surface area contributed by atoms with Gasteiger partial charge in [-0.3, -0.25) is 9.48 Å². The summed E-state index contributed by atoms with van der Waals surface area (Å²) in [5.41, 5.74) is 0.511. The van der Waals surface area contributed by atoms with Gasteiger partial charge in [-0.05, 0) is 44.0 Å². The molecule has 3 rings (SSSR count). The fraction of sp³-hybridized carbons (Fsp3) is 0.438. The van der Waals surface area contributed by atoms with Gasteiger partial charge in [-0.1, -0.05) is 0 Å². The van der Waals surface area contributed by atoms with E-state index in [0.717, 1.165) is 25.9 Å². The minimum atomic E-state index is -3.66. The molecule has 0 saturated carbocycles.